The molecular formula is C11H16O3S. The molecule has 0 fully saturated rings. The fraction of sp³-hybridized carbons (Fsp3) is 0.455. The summed E-state index contributed by atoms with van der Waals surface area (Å²) >= 11 is 0. The van der Waals surface area contributed by atoms with Crippen LogP contribution in [-0.2, 0) is 16.3 Å². The normalized spacial score (nSPS) is 11.6. The van der Waals surface area contributed by atoms with Gasteiger partial charge in [-0.1, -0.05) is 12.1 Å². The Morgan fingerprint density at radius 2 is 1.73 bits per heavy atom. The van der Waals surface area contributed by atoms with Crippen LogP contribution in [0.3, 0.4) is 0 Å². The molecule has 1 N–H and O–H groups in total. The van der Waals surface area contributed by atoms with E-state index in [4.69, 9.17) is 5.11 Å². The van der Waals surface area contributed by atoms with E-state index in [1.807, 2.05) is 12.1 Å². The monoisotopic (exact) mass is 228 g/mol. The smallest absolute Gasteiger partial charge is 0.175 e. The highest BCUT2D eigenvalue weighted by atomic mass is 32.2. The second-order valence-electron chi connectivity index (χ2n) is 3.60. The van der Waals surface area contributed by atoms with E-state index in [1.165, 1.54) is 6.26 Å². The third-order valence-corrected chi connectivity index (χ3v) is 3.35. The molecule has 0 aromatic heterocycles. The molecule has 4 heteroatoms. The number of unbranched alkanes of at least 4 members (excludes halogenated alkanes) is 1. The third kappa shape index (κ3) is 4.01. The fourth-order valence-corrected chi connectivity index (χ4v) is 1.97. The SMILES string of the molecule is CS(=O)(=O)c1ccc(CCCCO)cc1. The Morgan fingerprint density at radius 1 is 1.13 bits per heavy atom. The summed E-state index contributed by atoms with van der Waals surface area (Å²) in [6.45, 7) is 0.210. The van der Waals surface area contributed by atoms with Gasteiger partial charge in [0, 0.05) is 12.9 Å². The van der Waals surface area contributed by atoms with Crippen molar-refractivity contribution in [2.24, 2.45) is 0 Å². The number of benzene rings is 1. The summed E-state index contributed by atoms with van der Waals surface area (Å²) in [6, 6.07) is 6.91. The molecule has 0 saturated heterocycles. The number of rotatable bonds is 5. The molecule has 0 atom stereocenters. The summed E-state index contributed by atoms with van der Waals surface area (Å²) in [5.74, 6) is 0. The zero-order valence-electron chi connectivity index (χ0n) is 8.81. The van der Waals surface area contributed by atoms with Gasteiger partial charge in [-0.05, 0) is 37.0 Å². The van der Waals surface area contributed by atoms with E-state index in [0.29, 0.717) is 4.90 Å². The van der Waals surface area contributed by atoms with Gasteiger partial charge in [-0.2, -0.15) is 0 Å². The first-order valence-corrected chi connectivity index (χ1v) is 6.83. The van der Waals surface area contributed by atoms with Gasteiger partial charge in [-0.15, -0.1) is 0 Å². The molecule has 0 aliphatic rings. The average Bonchev–Trinajstić information content (AvgIpc) is 2.18. The molecular weight excluding hydrogens is 212 g/mol. The maximum Gasteiger partial charge on any atom is 0.175 e. The fourth-order valence-electron chi connectivity index (χ4n) is 1.34. The second-order valence-corrected chi connectivity index (χ2v) is 5.61. The minimum Gasteiger partial charge on any atom is -0.396 e. The summed E-state index contributed by atoms with van der Waals surface area (Å²) in [5, 5.41) is 8.62. The summed E-state index contributed by atoms with van der Waals surface area (Å²) in [6.07, 6.45) is 3.79. The van der Waals surface area contributed by atoms with Crippen LogP contribution in [0, 0.1) is 0 Å². The second kappa shape index (κ2) is 5.28. The lowest BCUT2D eigenvalue weighted by Gasteiger charge is -2.02. The third-order valence-electron chi connectivity index (χ3n) is 2.23. The average molecular weight is 228 g/mol. The lowest BCUT2D eigenvalue weighted by Crippen LogP contribution is -1.97. The molecule has 3 nitrogen and oxygen atoms in total. The molecule has 0 spiro atoms. The van der Waals surface area contributed by atoms with Crippen LogP contribution >= 0.6 is 0 Å². The lowest BCUT2D eigenvalue weighted by atomic mass is 10.1. The minimum absolute atomic E-state index is 0.210. The highest BCUT2D eigenvalue weighted by molar-refractivity contribution is 7.90. The highest BCUT2D eigenvalue weighted by Gasteiger charge is 2.05. The number of sulfone groups is 1. The van der Waals surface area contributed by atoms with Crippen molar-refractivity contribution in [3.05, 3.63) is 29.8 Å². The van der Waals surface area contributed by atoms with Crippen LogP contribution in [-0.4, -0.2) is 26.4 Å². The molecule has 0 saturated carbocycles. The van der Waals surface area contributed by atoms with Crippen molar-refractivity contribution in [2.45, 2.75) is 24.2 Å². The Labute approximate surface area is 90.7 Å². The van der Waals surface area contributed by atoms with E-state index in [9.17, 15) is 8.42 Å². The van der Waals surface area contributed by atoms with E-state index in [0.717, 1.165) is 24.8 Å². The van der Waals surface area contributed by atoms with Crippen molar-refractivity contribution < 1.29 is 13.5 Å². The molecule has 1 rings (SSSR count). The molecule has 0 radical (unpaired) electrons. The number of aliphatic hydroxyl groups is 1. The first kappa shape index (κ1) is 12.2. The summed E-state index contributed by atoms with van der Waals surface area (Å²) in [7, 11) is -3.08. The largest absolute Gasteiger partial charge is 0.396 e. The van der Waals surface area contributed by atoms with E-state index >= 15 is 0 Å². The Bertz CT molecular complexity index is 392. The van der Waals surface area contributed by atoms with Gasteiger partial charge in [0.2, 0.25) is 0 Å². The van der Waals surface area contributed by atoms with Gasteiger partial charge in [0.1, 0.15) is 0 Å². The van der Waals surface area contributed by atoms with Gasteiger partial charge in [-0.25, -0.2) is 8.42 Å². The van der Waals surface area contributed by atoms with Crippen LogP contribution < -0.4 is 0 Å². The summed E-state index contributed by atoms with van der Waals surface area (Å²) < 4.78 is 22.3. The van der Waals surface area contributed by atoms with Gasteiger partial charge in [0.25, 0.3) is 0 Å². The quantitative estimate of drug-likeness (QED) is 0.775. The minimum atomic E-state index is -3.08. The standard InChI is InChI=1S/C11H16O3S/c1-15(13,14)11-7-5-10(6-8-11)4-2-3-9-12/h5-8,12H,2-4,9H2,1H3. The van der Waals surface area contributed by atoms with Crippen LogP contribution in [0.4, 0.5) is 0 Å². The van der Waals surface area contributed by atoms with Crippen molar-refractivity contribution in [3.63, 3.8) is 0 Å². The highest BCUT2D eigenvalue weighted by Crippen LogP contribution is 2.11. The topological polar surface area (TPSA) is 54.4 Å². The Morgan fingerprint density at radius 3 is 2.20 bits per heavy atom. The Balaban J connectivity index is 2.65. The van der Waals surface area contributed by atoms with Crippen molar-refractivity contribution in [1.29, 1.82) is 0 Å². The van der Waals surface area contributed by atoms with Crippen LogP contribution in [0.15, 0.2) is 29.2 Å². The predicted molar refractivity (Wildman–Crippen MR) is 59.6 cm³/mol. The lowest BCUT2D eigenvalue weighted by molar-refractivity contribution is 0.284. The van der Waals surface area contributed by atoms with Crippen molar-refractivity contribution in [2.75, 3.05) is 12.9 Å². The number of hydrogen-bond acceptors (Lipinski definition) is 3. The van der Waals surface area contributed by atoms with E-state index in [1.54, 1.807) is 12.1 Å². The van der Waals surface area contributed by atoms with Crippen molar-refractivity contribution in [3.8, 4) is 0 Å². The zero-order chi connectivity index (χ0) is 11.3. The summed E-state index contributed by atoms with van der Waals surface area (Å²) in [5.41, 5.74) is 1.11. The molecule has 0 bridgehead atoms. The maximum atomic E-state index is 11.2. The number of hydrogen-bond donors (Lipinski definition) is 1. The molecule has 0 unspecified atom stereocenters. The maximum absolute atomic E-state index is 11.2. The molecule has 0 heterocycles. The van der Waals surface area contributed by atoms with Crippen molar-refractivity contribution in [1.82, 2.24) is 0 Å². The molecule has 1 aromatic carbocycles. The van der Waals surface area contributed by atoms with Crippen LogP contribution in [0.5, 0.6) is 0 Å². The molecule has 84 valence electrons. The Hall–Kier alpha value is -0.870. The number of aliphatic hydroxyl groups excluding tert-OH is 1. The molecule has 0 aliphatic carbocycles. The van der Waals surface area contributed by atoms with Gasteiger partial charge >= 0.3 is 0 Å². The van der Waals surface area contributed by atoms with E-state index < -0.39 is 9.84 Å². The van der Waals surface area contributed by atoms with E-state index in [-0.39, 0.29) is 6.61 Å². The summed E-state index contributed by atoms with van der Waals surface area (Å²) in [4.78, 5) is 0.355. The first-order chi connectivity index (χ1) is 7.04. The number of aryl methyl sites for hydroxylation is 1. The van der Waals surface area contributed by atoms with Crippen LogP contribution in [0.2, 0.25) is 0 Å². The van der Waals surface area contributed by atoms with Gasteiger partial charge < -0.3 is 5.11 Å². The van der Waals surface area contributed by atoms with Gasteiger partial charge in [-0.3, -0.25) is 0 Å². The van der Waals surface area contributed by atoms with Crippen LogP contribution in [0.1, 0.15) is 18.4 Å². The van der Waals surface area contributed by atoms with E-state index in [2.05, 4.69) is 0 Å². The van der Waals surface area contributed by atoms with Crippen LogP contribution in [0.25, 0.3) is 0 Å². The molecule has 15 heavy (non-hydrogen) atoms. The molecule has 0 aliphatic heterocycles. The molecule has 1 aromatic rings. The molecule has 0 amide bonds. The van der Waals surface area contributed by atoms with Gasteiger partial charge in [0.05, 0.1) is 4.90 Å². The first-order valence-electron chi connectivity index (χ1n) is 4.94. The predicted octanol–water partition coefficient (Wildman–Crippen LogP) is 1.41. The van der Waals surface area contributed by atoms with Gasteiger partial charge in [0.15, 0.2) is 9.84 Å². The Kier molecular flexibility index (Phi) is 4.29. The van der Waals surface area contributed by atoms with Crippen molar-refractivity contribution >= 4 is 9.84 Å². The zero-order valence-corrected chi connectivity index (χ0v) is 9.63.